The summed E-state index contributed by atoms with van der Waals surface area (Å²) in [5.41, 5.74) is 7.51. The van der Waals surface area contributed by atoms with Gasteiger partial charge in [0, 0.05) is 12.1 Å². The monoisotopic (exact) mass is 262 g/mol. The maximum atomic E-state index is 9.79. The van der Waals surface area contributed by atoms with Crippen molar-refractivity contribution in [2.75, 3.05) is 5.73 Å². The third kappa shape index (κ3) is 3.77. The number of rotatable bonds is 1. The molecular formula is C14H22N4O. The summed E-state index contributed by atoms with van der Waals surface area (Å²) in [5, 5.41) is 0.924. The second-order valence-corrected chi connectivity index (χ2v) is 4.28. The first-order chi connectivity index (χ1) is 9.22. The number of nitrogens with two attached hydrogens (primary N) is 1. The fraction of sp³-hybridized carbons (Fsp3) is 0.500. The molecule has 1 aliphatic rings. The second kappa shape index (κ2) is 7.51. The normalized spacial score (nSPS) is 13.6. The molecule has 1 aliphatic carbocycles. The van der Waals surface area contributed by atoms with Gasteiger partial charge in [-0.05, 0) is 25.3 Å². The fourth-order valence-electron chi connectivity index (χ4n) is 1.72. The molecule has 2 heterocycles. The van der Waals surface area contributed by atoms with Crippen molar-refractivity contribution < 1.29 is 4.79 Å². The Hall–Kier alpha value is -1.91. The van der Waals surface area contributed by atoms with E-state index in [2.05, 4.69) is 15.0 Å². The van der Waals surface area contributed by atoms with E-state index in [0.717, 1.165) is 35.7 Å². The van der Waals surface area contributed by atoms with Crippen molar-refractivity contribution >= 4 is 23.1 Å². The van der Waals surface area contributed by atoms with Crippen LogP contribution in [0.2, 0.25) is 0 Å². The van der Waals surface area contributed by atoms with Crippen LogP contribution in [0.4, 0.5) is 5.82 Å². The van der Waals surface area contributed by atoms with Crippen LogP contribution in [-0.4, -0.2) is 21.2 Å². The van der Waals surface area contributed by atoms with Crippen LogP contribution in [0, 0.1) is 12.8 Å². The molecule has 3 N–H and O–H groups in total. The number of anilines is 1. The lowest BCUT2D eigenvalue weighted by atomic mass is 9.87. The van der Waals surface area contributed by atoms with Crippen LogP contribution in [0.3, 0.4) is 0 Å². The smallest absolute Gasteiger partial charge is 0.143 e. The minimum absolute atomic E-state index is 0.435. The van der Waals surface area contributed by atoms with Gasteiger partial charge in [-0.2, -0.15) is 0 Å². The Labute approximate surface area is 113 Å². The molecule has 0 amide bonds. The molecule has 0 aliphatic heterocycles. The predicted molar refractivity (Wildman–Crippen MR) is 77.8 cm³/mol. The zero-order valence-corrected chi connectivity index (χ0v) is 11.8. The zero-order valence-electron chi connectivity index (χ0n) is 11.8. The number of nitrogens with zero attached hydrogens (tertiary/aromatic N) is 2. The first-order valence-electron chi connectivity index (χ1n) is 6.72. The second-order valence-electron chi connectivity index (χ2n) is 4.28. The highest BCUT2D eigenvalue weighted by molar-refractivity contribution is 5.88. The summed E-state index contributed by atoms with van der Waals surface area (Å²) in [6.07, 6.45) is 7.93. The number of nitrogens with one attached hydrogen (secondary N) is 1. The van der Waals surface area contributed by atoms with E-state index < -0.39 is 0 Å². The van der Waals surface area contributed by atoms with Gasteiger partial charge in [0.1, 0.15) is 24.1 Å². The fourth-order valence-corrected chi connectivity index (χ4v) is 1.72. The molecule has 3 rings (SSSR count). The number of aromatic amines is 1. The maximum absolute atomic E-state index is 9.79. The number of carbonyl (C=O) groups excluding carboxylic acids is 1. The number of nitrogen functional groups attached to an aromatic ring is 1. The van der Waals surface area contributed by atoms with Crippen molar-refractivity contribution in [3.63, 3.8) is 0 Å². The summed E-state index contributed by atoms with van der Waals surface area (Å²) in [4.78, 5) is 20.7. The maximum Gasteiger partial charge on any atom is 0.143 e. The number of hydrogen-bond acceptors (Lipinski definition) is 4. The summed E-state index contributed by atoms with van der Waals surface area (Å²) in [7, 11) is 0. The number of H-pyrrole nitrogens is 1. The van der Waals surface area contributed by atoms with Gasteiger partial charge in [-0.1, -0.05) is 20.3 Å². The summed E-state index contributed by atoms with van der Waals surface area (Å²) in [5.74, 6) is 0.971. The Morgan fingerprint density at radius 1 is 1.37 bits per heavy atom. The van der Waals surface area contributed by atoms with Crippen molar-refractivity contribution in [2.45, 2.75) is 40.0 Å². The first-order valence-corrected chi connectivity index (χ1v) is 6.72. The van der Waals surface area contributed by atoms with E-state index >= 15 is 0 Å². The molecule has 0 unspecified atom stereocenters. The van der Waals surface area contributed by atoms with Crippen LogP contribution in [0.15, 0.2) is 12.5 Å². The van der Waals surface area contributed by atoms with Crippen LogP contribution < -0.4 is 5.73 Å². The van der Waals surface area contributed by atoms with Crippen molar-refractivity contribution in [3.05, 3.63) is 18.1 Å². The van der Waals surface area contributed by atoms with Gasteiger partial charge in [-0.3, -0.25) is 0 Å². The van der Waals surface area contributed by atoms with Gasteiger partial charge in [0.2, 0.25) is 0 Å². The van der Waals surface area contributed by atoms with Crippen LogP contribution in [0.1, 0.15) is 38.7 Å². The largest absolute Gasteiger partial charge is 0.383 e. The quantitative estimate of drug-likeness (QED) is 0.774. The molecule has 1 saturated carbocycles. The Balaban J connectivity index is 0.000000192. The SMILES string of the molecule is CC.Cc1c[nH]c2ncnc(N)c12.O=CC1CCC1. The lowest BCUT2D eigenvalue weighted by Crippen LogP contribution is -2.10. The number of aldehydes is 1. The standard InChI is InChI=1S/C7H8N4.C5H8O.C2H6/c1-4-2-9-7-5(4)6(8)10-3-11-7;6-4-5-2-1-3-5;1-2/h2-3H,1H3,(H3,8,9,10,11);4-5H,1-3H2;1-2H3. The topological polar surface area (TPSA) is 84.7 Å². The third-order valence-corrected chi connectivity index (χ3v) is 3.04. The molecule has 104 valence electrons. The van der Waals surface area contributed by atoms with Crippen molar-refractivity contribution in [1.29, 1.82) is 0 Å². The Kier molecular flexibility index (Phi) is 5.99. The van der Waals surface area contributed by atoms with Gasteiger partial charge in [-0.25, -0.2) is 9.97 Å². The van der Waals surface area contributed by atoms with E-state index in [1.54, 1.807) is 0 Å². The Bertz CT molecular complexity index is 517. The lowest BCUT2D eigenvalue weighted by Gasteiger charge is -2.17. The minimum Gasteiger partial charge on any atom is -0.383 e. The van der Waals surface area contributed by atoms with Gasteiger partial charge < -0.3 is 15.5 Å². The summed E-state index contributed by atoms with van der Waals surface area (Å²) >= 11 is 0. The molecule has 0 aromatic carbocycles. The number of fused-ring (bicyclic) bond motifs is 1. The lowest BCUT2D eigenvalue weighted by molar-refractivity contribution is -0.113. The molecule has 2 aromatic rings. The Morgan fingerprint density at radius 2 is 2.05 bits per heavy atom. The van der Waals surface area contributed by atoms with Gasteiger partial charge in [0.05, 0.1) is 5.39 Å². The van der Waals surface area contributed by atoms with Gasteiger partial charge in [0.15, 0.2) is 0 Å². The molecule has 0 atom stereocenters. The molecule has 5 nitrogen and oxygen atoms in total. The van der Waals surface area contributed by atoms with Gasteiger partial charge in [-0.15, -0.1) is 0 Å². The van der Waals surface area contributed by atoms with Gasteiger partial charge in [0.25, 0.3) is 0 Å². The van der Waals surface area contributed by atoms with Crippen LogP contribution in [0.5, 0.6) is 0 Å². The minimum atomic E-state index is 0.435. The average Bonchev–Trinajstić information content (AvgIpc) is 2.75. The van der Waals surface area contributed by atoms with E-state index in [1.807, 2.05) is 27.0 Å². The molecule has 0 radical (unpaired) electrons. The van der Waals surface area contributed by atoms with Gasteiger partial charge >= 0.3 is 0 Å². The van der Waals surface area contributed by atoms with E-state index in [0.29, 0.717) is 11.7 Å². The molecule has 5 heteroatoms. The molecule has 2 aromatic heterocycles. The average molecular weight is 262 g/mol. The molecule has 0 spiro atoms. The summed E-state index contributed by atoms with van der Waals surface area (Å²) in [6.45, 7) is 5.97. The number of aryl methyl sites for hydroxylation is 1. The highest BCUT2D eigenvalue weighted by Crippen LogP contribution is 2.23. The third-order valence-electron chi connectivity index (χ3n) is 3.04. The number of hydrogen-bond donors (Lipinski definition) is 2. The van der Waals surface area contributed by atoms with Crippen LogP contribution in [-0.2, 0) is 4.79 Å². The molecular weight excluding hydrogens is 240 g/mol. The van der Waals surface area contributed by atoms with Crippen molar-refractivity contribution in [1.82, 2.24) is 15.0 Å². The predicted octanol–water partition coefficient (Wildman–Crippen LogP) is 2.86. The van der Waals surface area contributed by atoms with Crippen molar-refractivity contribution in [3.8, 4) is 0 Å². The van der Waals surface area contributed by atoms with Crippen molar-refractivity contribution in [2.24, 2.45) is 5.92 Å². The van der Waals surface area contributed by atoms with Crippen LogP contribution >= 0.6 is 0 Å². The highest BCUT2D eigenvalue weighted by atomic mass is 16.1. The number of aromatic nitrogens is 3. The zero-order chi connectivity index (χ0) is 14.3. The highest BCUT2D eigenvalue weighted by Gasteiger charge is 2.14. The van der Waals surface area contributed by atoms with E-state index in [9.17, 15) is 4.79 Å². The van der Waals surface area contributed by atoms with E-state index in [4.69, 9.17) is 5.73 Å². The molecule has 0 saturated heterocycles. The molecule has 1 fully saturated rings. The molecule has 0 bridgehead atoms. The van der Waals surface area contributed by atoms with E-state index in [1.165, 1.54) is 12.7 Å². The Morgan fingerprint density at radius 3 is 2.47 bits per heavy atom. The first kappa shape index (κ1) is 15.1. The molecule has 19 heavy (non-hydrogen) atoms. The van der Waals surface area contributed by atoms with Crippen LogP contribution in [0.25, 0.3) is 11.0 Å². The van der Waals surface area contributed by atoms with E-state index in [-0.39, 0.29) is 0 Å². The summed E-state index contributed by atoms with van der Waals surface area (Å²) in [6, 6.07) is 0. The summed E-state index contributed by atoms with van der Waals surface area (Å²) < 4.78 is 0. The number of carbonyl (C=O) groups is 1.